The van der Waals surface area contributed by atoms with Gasteiger partial charge >= 0.3 is 0 Å². The van der Waals surface area contributed by atoms with Crippen molar-refractivity contribution in [1.29, 1.82) is 0 Å². The van der Waals surface area contributed by atoms with Crippen molar-refractivity contribution in [3.05, 3.63) is 60.0 Å². The molecule has 1 atom stereocenters. The highest BCUT2D eigenvalue weighted by atomic mass is 32.2. The Labute approximate surface area is 163 Å². The molecule has 0 aliphatic carbocycles. The van der Waals surface area contributed by atoms with Gasteiger partial charge < -0.3 is 5.32 Å². The summed E-state index contributed by atoms with van der Waals surface area (Å²) in [5.74, 6) is 0.239. The Morgan fingerprint density at radius 2 is 1.89 bits per heavy atom. The minimum atomic E-state index is -3.57. The van der Waals surface area contributed by atoms with Crippen molar-refractivity contribution in [2.75, 3.05) is 13.1 Å². The van der Waals surface area contributed by atoms with Crippen molar-refractivity contribution in [2.24, 2.45) is 0 Å². The molecule has 4 rings (SSSR count). The highest BCUT2D eigenvalue weighted by Crippen LogP contribution is 2.22. The molecule has 0 unspecified atom stereocenters. The van der Waals surface area contributed by atoms with Crippen LogP contribution in [-0.2, 0) is 10.0 Å². The Hall–Kier alpha value is -2.78. The quantitative estimate of drug-likeness (QED) is 0.708. The third-order valence-electron chi connectivity index (χ3n) is 4.87. The normalized spacial score (nSPS) is 16.3. The fraction of sp³-hybridized carbons (Fsp3) is 0.316. The van der Waals surface area contributed by atoms with Gasteiger partial charge in [0.05, 0.1) is 10.9 Å². The van der Waals surface area contributed by atoms with E-state index in [9.17, 15) is 13.2 Å². The van der Waals surface area contributed by atoms with E-state index in [1.54, 1.807) is 16.5 Å². The molecule has 8 nitrogen and oxygen atoms in total. The zero-order valence-corrected chi connectivity index (χ0v) is 16.3. The van der Waals surface area contributed by atoms with Crippen LogP contribution < -0.4 is 5.32 Å². The van der Waals surface area contributed by atoms with E-state index in [0.29, 0.717) is 30.1 Å². The van der Waals surface area contributed by atoms with E-state index >= 15 is 0 Å². The van der Waals surface area contributed by atoms with E-state index in [2.05, 4.69) is 15.5 Å². The van der Waals surface area contributed by atoms with Crippen molar-refractivity contribution in [3.63, 3.8) is 0 Å². The molecule has 0 radical (unpaired) electrons. The molecule has 3 heterocycles. The van der Waals surface area contributed by atoms with Gasteiger partial charge in [-0.2, -0.15) is 4.31 Å². The molecular weight excluding hydrogens is 378 g/mol. The number of sulfonamides is 1. The molecular formula is C19H21N5O3S. The predicted molar refractivity (Wildman–Crippen MR) is 103 cm³/mol. The minimum absolute atomic E-state index is 0.141. The highest BCUT2D eigenvalue weighted by molar-refractivity contribution is 7.89. The van der Waals surface area contributed by atoms with Gasteiger partial charge in [-0.25, -0.2) is 8.42 Å². The lowest BCUT2D eigenvalue weighted by Gasteiger charge is -2.16. The van der Waals surface area contributed by atoms with Gasteiger partial charge in [0.25, 0.3) is 5.91 Å². The summed E-state index contributed by atoms with van der Waals surface area (Å²) < 4.78 is 28.7. The molecule has 0 spiro atoms. The lowest BCUT2D eigenvalue weighted by Crippen LogP contribution is -2.29. The van der Waals surface area contributed by atoms with Crippen molar-refractivity contribution < 1.29 is 13.2 Å². The van der Waals surface area contributed by atoms with Gasteiger partial charge in [0, 0.05) is 24.8 Å². The Morgan fingerprint density at radius 1 is 1.11 bits per heavy atom. The molecule has 1 saturated heterocycles. The molecule has 1 aromatic carbocycles. The summed E-state index contributed by atoms with van der Waals surface area (Å²) in [4.78, 5) is 12.9. The number of nitrogens with one attached hydrogen (secondary N) is 1. The molecule has 1 aliphatic heterocycles. The van der Waals surface area contributed by atoms with E-state index in [1.807, 2.05) is 31.3 Å². The molecule has 0 bridgehead atoms. The number of nitrogens with zero attached hydrogens (tertiary/aromatic N) is 4. The van der Waals surface area contributed by atoms with Gasteiger partial charge in [-0.05, 0) is 50.1 Å². The number of rotatable bonds is 5. The Kier molecular flexibility index (Phi) is 4.86. The van der Waals surface area contributed by atoms with Crippen LogP contribution in [0.5, 0.6) is 0 Å². The highest BCUT2D eigenvalue weighted by Gasteiger charge is 2.28. The SMILES string of the molecule is C[C@H](NC(=O)c1cccc(S(=O)(=O)N2CCCC2)c1)c1nnc2ccccn12. The number of hydrogen-bond acceptors (Lipinski definition) is 5. The molecule has 0 saturated carbocycles. The summed E-state index contributed by atoms with van der Waals surface area (Å²) in [6, 6.07) is 11.3. The van der Waals surface area contributed by atoms with Crippen molar-refractivity contribution in [3.8, 4) is 0 Å². The first kappa shape index (κ1) is 18.6. The number of carbonyl (C=O) groups excluding carboxylic acids is 1. The Balaban J connectivity index is 1.55. The predicted octanol–water partition coefficient (Wildman–Crippen LogP) is 2.00. The van der Waals surface area contributed by atoms with Gasteiger partial charge in [-0.1, -0.05) is 12.1 Å². The third-order valence-corrected chi connectivity index (χ3v) is 6.77. The Bertz CT molecular complexity index is 1120. The van der Waals surface area contributed by atoms with E-state index in [4.69, 9.17) is 0 Å². The van der Waals surface area contributed by atoms with Crippen molar-refractivity contribution in [1.82, 2.24) is 24.2 Å². The summed E-state index contributed by atoms with van der Waals surface area (Å²) in [5.41, 5.74) is 0.984. The number of aromatic nitrogens is 3. The first-order valence-corrected chi connectivity index (χ1v) is 10.6. The standard InChI is InChI=1S/C19H21N5O3S/c1-14(18-22-21-17-9-2-3-12-24(17)18)20-19(25)15-7-6-8-16(13-15)28(26,27)23-10-4-5-11-23/h2-3,6-9,12-14H,4-5,10-11H2,1H3,(H,20,25)/t14-/m0/s1. The summed E-state index contributed by atoms with van der Waals surface area (Å²) in [6.45, 7) is 2.86. The number of amides is 1. The summed E-state index contributed by atoms with van der Waals surface area (Å²) >= 11 is 0. The average Bonchev–Trinajstić information content (AvgIpc) is 3.38. The van der Waals surface area contributed by atoms with Crippen molar-refractivity contribution in [2.45, 2.75) is 30.7 Å². The molecule has 1 fully saturated rings. The van der Waals surface area contributed by atoms with E-state index in [-0.39, 0.29) is 10.8 Å². The van der Waals surface area contributed by atoms with Gasteiger partial charge in [-0.3, -0.25) is 9.20 Å². The number of hydrogen-bond donors (Lipinski definition) is 1. The lowest BCUT2D eigenvalue weighted by atomic mass is 10.2. The van der Waals surface area contributed by atoms with Crippen LogP contribution in [0.15, 0.2) is 53.6 Å². The second-order valence-corrected chi connectivity index (χ2v) is 8.76. The smallest absolute Gasteiger partial charge is 0.251 e. The first-order chi connectivity index (χ1) is 13.5. The van der Waals surface area contributed by atoms with E-state index < -0.39 is 16.1 Å². The fourth-order valence-electron chi connectivity index (χ4n) is 3.38. The lowest BCUT2D eigenvalue weighted by molar-refractivity contribution is 0.0938. The second kappa shape index (κ2) is 7.33. The zero-order valence-electron chi connectivity index (χ0n) is 15.4. The molecule has 1 N–H and O–H groups in total. The summed E-state index contributed by atoms with van der Waals surface area (Å²) in [5, 5.41) is 11.1. The zero-order chi connectivity index (χ0) is 19.7. The van der Waals surface area contributed by atoms with Gasteiger partial charge in [0.2, 0.25) is 10.0 Å². The number of pyridine rings is 1. The largest absolute Gasteiger partial charge is 0.342 e. The molecule has 1 aliphatic rings. The van der Waals surface area contributed by atoms with Crippen LogP contribution in [0.1, 0.15) is 42.0 Å². The maximum Gasteiger partial charge on any atom is 0.251 e. The van der Waals surface area contributed by atoms with Crippen molar-refractivity contribution >= 4 is 21.6 Å². The molecule has 9 heteroatoms. The minimum Gasteiger partial charge on any atom is -0.342 e. The number of fused-ring (bicyclic) bond motifs is 1. The topological polar surface area (TPSA) is 96.7 Å². The average molecular weight is 399 g/mol. The van der Waals surface area contributed by atoms with Crippen LogP contribution in [0.4, 0.5) is 0 Å². The molecule has 28 heavy (non-hydrogen) atoms. The fourth-order valence-corrected chi connectivity index (χ4v) is 4.94. The first-order valence-electron chi connectivity index (χ1n) is 9.17. The maximum absolute atomic E-state index is 12.7. The summed E-state index contributed by atoms with van der Waals surface area (Å²) in [7, 11) is -3.57. The number of carbonyl (C=O) groups is 1. The van der Waals surface area contributed by atoms with Gasteiger partial charge in [-0.15, -0.1) is 10.2 Å². The Morgan fingerprint density at radius 3 is 2.68 bits per heavy atom. The van der Waals surface area contributed by atoms with Crippen LogP contribution >= 0.6 is 0 Å². The van der Waals surface area contributed by atoms with Gasteiger partial charge in [0.1, 0.15) is 0 Å². The molecule has 3 aromatic rings. The van der Waals surface area contributed by atoms with Crippen LogP contribution in [-0.4, -0.2) is 46.3 Å². The summed E-state index contributed by atoms with van der Waals surface area (Å²) in [6.07, 6.45) is 3.56. The van der Waals surface area contributed by atoms with Crippen LogP contribution in [0.3, 0.4) is 0 Å². The number of benzene rings is 1. The van der Waals surface area contributed by atoms with Crippen LogP contribution in [0.2, 0.25) is 0 Å². The van der Waals surface area contributed by atoms with E-state index in [0.717, 1.165) is 12.8 Å². The maximum atomic E-state index is 12.7. The van der Waals surface area contributed by atoms with Crippen LogP contribution in [0, 0.1) is 0 Å². The van der Waals surface area contributed by atoms with E-state index in [1.165, 1.54) is 16.4 Å². The molecule has 1 amide bonds. The monoisotopic (exact) mass is 399 g/mol. The molecule has 146 valence electrons. The van der Waals surface area contributed by atoms with Crippen LogP contribution in [0.25, 0.3) is 5.65 Å². The third kappa shape index (κ3) is 3.38. The second-order valence-electron chi connectivity index (χ2n) is 6.82. The molecule has 2 aromatic heterocycles. The van der Waals surface area contributed by atoms with Gasteiger partial charge in [0.15, 0.2) is 11.5 Å².